The van der Waals surface area contributed by atoms with Gasteiger partial charge in [-0.3, -0.25) is 10.1 Å². The van der Waals surface area contributed by atoms with E-state index < -0.39 is 0 Å². The molecule has 0 unspecified atom stereocenters. The van der Waals surface area contributed by atoms with Crippen LogP contribution in [0.4, 0.5) is 9.52 Å². The van der Waals surface area contributed by atoms with Gasteiger partial charge >= 0.3 is 0 Å². The number of methoxy groups -OCH3 is 2. The van der Waals surface area contributed by atoms with Crippen molar-refractivity contribution in [2.75, 3.05) is 19.5 Å². The summed E-state index contributed by atoms with van der Waals surface area (Å²) in [5.74, 6) is 0.638. The Bertz CT molecular complexity index is 985. The average Bonchev–Trinajstić information content (AvgIpc) is 3.14. The van der Waals surface area contributed by atoms with E-state index in [2.05, 4.69) is 10.3 Å². The predicted molar refractivity (Wildman–Crippen MR) is 105 cm³/mol. The molecule has 2 aromatic carbocycles. The summed E-state index contributed by atoms with van der Waals surface area (Å²) in [6, 6.07) is 11.4. The third-order valence-electron chi connectivity index (χ3n) is 3.69. The van der Waals surface area contributed by atoms with Gasteiger partial charge in [-0.2, -0.15) is 0 Å². The summed E-state index contributed by atoms with van der Waals surface area (Å²) in [5.41, 5.74) is 2.04. The Kier molecular flexibility index (Phi) is 5.83. The number of nitrogens with one attached hydrogen (secondary N) is 1. The van der Waals surface area contributed by atoms with Gasteiger partial charge in [0.1, 0.15) is 17.3 Å². The minimum absolute atomic E-state index is 0.349. The van der Waals surface area contributed by atoms with Gasteiger partial charge < -0.3 is 9.47 Å². The maximum atomic E-state index is 13.2. The van der Waals surface area contributed by atoms with Crippen molar-refractivity contribution in [2.24, 2.45) is 0 Å². The molecular formula is C20H17FN2O3S. The molecule has 1 N–H and O–H groups in total. The maximum absolute atomic E-state index is 13.2. The fourth-order valence-corrected chi connectivity index (χ4v) is 3.11. The molecule has 0 atom stereocenters. The van der Waals surface area contributed by atoms with Crippen LogP contribution in [0.1, 0.15) is 5.56 Å². The number of thiazole rings is 1. The van der Waals surface area contributed by atoms with Crippen LogP contribution in [0.5, 0.6) is 11.5 Å². The summed E-state index contributed by atoms with van der Waals surface area (Å²) in [6.07, 6.45) is 2.87. The zero-order chi connectivity index (χ0) is 19.2. The lowest BCUT2D eigenvalue weighted by atomic mass is 10.1. The van der Waals surface area contributed by atoms with E-state index in [1.165, 1.54) is 35.6 Å². The van der Waals surface area contributed by atoms with Gasteiger partial charge in [0.2, 0.25) is 5.91 Å². The lowest BCUT2D eigenvalue weighted by molar-refractivity contribution is -0.111. The summed E-state index contributed by atoms with van der Waals surface area (Å²) in [5, 5.41) is 4.97. The normalized spacial score (nSPS) is 10.8. The van der Waals surface area contributed by atoms with Crippen molar-refractivity contribution in [3.8, 4) is 22.8 Å². The molecule has 0 aliphatic rings. The van der Waals surface area contributed by atoms with Crippen molar-refractivity contribution in [3.05, 3.63) is 65.3 Å². The average molecular weight is 384 g/mol. The summed E-state index contributed by atoms with van der Waals surface area (Å²) >= 11 is 1.30. The highest BCUT2D eigenvalue weighted by atomic mass is 32.1. The van der Waals surface area contributed by atoms with Crippen LogP contribution < -0.4 is 14.8 Å². The number of hydrogen-bond donors (Lipinski definition) is 1. The number of carbonyl (C=O) groups excluding carboxylic acids is 1. The molecule has 0 saturated carbocycles. The van der Waals surface area contributed by atoms with Gasteiger partial charge in [0.25, 0.3) is 0 Å². The van der Waals surface area contributed by atoms with Gasteiger partial charge in [-0.15, -0.1) is 11.3 Å². The number of benzene rings is 2. The molecule has 3 rings (SSSR count). The number of amides is 1. The lowest BCUT2D eigenvalue weighted by Crippen LogP contribution is -2.07. The van der Waals surface area contributed by atoms with E-state index in [4.69, 9.17) is 9.47 Å². The van der Waals surface area contributed by atoms with Gasteiger partial charge in [0, 0.05) is 17.0 Å². The molecule has 3 aromatic rings. The zero-order valence-electron chi connectivity index (χ0n) is 14.7. The van der Waals surface area contributed by atoms with Crippen LogP contribution in [-0.2, 0) is 4.79 Å². The number of halogens is 1. The number of ether oxygens (including phenoxy) is 2. The fraction of sp³-hybridized carbons (Fsp3) is 0.100. The molecule has 138 valence electrons. The van der Waals surface area contributed by atoms with Gasteiger partial charge in [-0.05, 0) is 42.0 Å². The van der Waals surface area contributed by atoms with E-state index in [1.54, 1.807) is 38.5 Å². The highest BCUT2D eigenvalue weighted by Crippen LogP contribution is 2.35. The SMILES string of the molecule is COc1ccc(OC)c(-c2csc(NC(=O)/C=C/c3cccc(F)c3)n2)c1. The van der Waals surface area contributed by atoms with Crippen molar-refractivity contribution < 1.29 is 18.7 Å². The molecule has 0 aliphatic carbocycles. The van der Waals surface area contributed by atoms with E-state index in [1.807, 2.05) is 11.4 Å². The Hall–Kier alpha value is -3.19. The molecule has 1 aromatic heterocycles. The molecule has 0 saturated heterocycles. The Labute approximate surface area is 160 Å². The summed E-state index contributed by atoms with van der Waals surface area (Å²) in [6.45, 7) is 0. The molecule has 0 fully saturated rings. The smallest absolute Gasteiger partial charge is 0.250 e. The van der Waals surface area contributed by atoms with Crippen molar-refractivity contribution in [1.29, 1.82) is 0 Å². The lowest BCUT2D eigenvalue weighted by Gasteiger charge is -2.08. The first kappa shape index (κ1) is 18.6. The molecule has 5 nitrogen and oxygen atoms in total. The highest BCUT2D eigenvalue weighted by Gasteiger charge is 2.12. The molecule has 27 heavy (non-hydrogen) atoms. The number of anilines is 1. The Balaban J connectivity index is 1.73. The Morgan fingerprint density at radius 2 is 2.04 bits per heavy atom. The van der Waals surface area contributed by atoms with Gasteiger partial charge in [0.05, 0.1) is 19.9 Å². The first-order valence-corrected chi connectivity index (χ1v) is 8.89. The molecule has 1 heterocycles. The van der Waals surface area contributed by atoms with Crippen LogP contribution in [0, 0.1) is 5.82 Å². The van der Waals surface area contributed by atoms with Crippen LogP contribution in [0.25, 0.3) is 17.3 Å². The van der Waals surface area contributed by atoms with Crippen LogP contribution in [0.3, 0.4) is 0 Å². The summed E-state index contributed by atoms with van der Waals surface area (Å²) in [4.78, 5) is 16.5. The largest absolute Gasteiger partial charge is 0.497 e. The predicted octanol–water partition coefficient (Wildman–Crippen LogP) is 4.62. The number of nitrogens with zero attached hydrogens (tertiary/aromatic N) is 1. The minimum Gasteiger partial charge on any atom is -0.497 e. The van der Waals surface area contributed by atoms with Gasteiger partial charge in [-0.25, -0.2) is 9.37 Å². The molecule has 0 radical (unpaired) electrons. The topological polar surface area (TPSA) is 60.5 Å². The highest BCUT2D eigenvalue weighted by molar-refractivity contribution is 7.14. The second-order valence-electron chi connectivity index (χ2n) is 5.48. The van der Waals surface area contributed by atoms with E-state index in [0.29, 0.717) is 27.9 Å². The van der Waals surface area contributed by atoms with Crippen molar-refractivity contribution >= 4 is 28.5 Å². The minimum atomic E-state index is -0.352. The number of carbonyl (C=O) groups is 1. The van der Waals surface area contributed by atoms with Gasteiger partial charge in [0.15, 0.2) is 5.13 Å². The molecule has 0 bridgehead atoms. The number of aromatic nitrogens is 1. The monoisotopic (exact) mass is 384 g/mol. The van der Waals surface area contributed by atoms with Crippen LogP contribution in [0.15, 0.2) is 53.9 Å². The molecule has 0 spiro atoms. The molecule has 1 amide bonds. The quantitative estimate of drug-likeness (QED) is 0.630. The van der Waals surface area contributed by atoms with E-state index in [-0.39, 0.29) is 11.7 Å². The Morgan fingerprint density at radius 1 is 1.19 bits per heavy atom. The standard InChI is InChI=1S/C20H17FN2O3S/c1-25-15-7-8-18(26-2)16(11-15)17-12-27-20(22-17)23-19(24)9-6-13-4-3-5-14(21)10-13/h3-12H,1-2H3,(H,22,23,24)/b9-6+. The third kappa shape index (κ3) is 4.71. The molecule has 7 heteroatoms. The van der Waals surface area contributed by atoms with E-state index in [0.717, 1.165) is 5.56 Å². The van der Waals surface area contributed by atoms with Crippen LogP contribution in [0.2, 0.25) is 0 Å². The first-order chi connectivity index (χ1) is 13.1. The van der Waals surface area contributed by atoms with Crippen molar-refractivity contribution in [3.63, 3.8) is 0 Å². The van der Waals surface area contributed by atoms with Crippen molar-refractivity contribution in [2.45, 2.75) is 0 Å². The van der Waals surface area contributed by atoms with E-state index >= 15 is 0 Å². The summed E-state index contributed by atoms with van der Waals surface area (Å²) < 4.78 is 23.8. The number of rotatable bonds is 6. The van der Waals surface area contributed by atoms with Crippen LogP contribution >= 0.6 is 11.3 Å². The number of hydrogen-bond acceptors (Lipinski definition) is 5. The molecular weight excluding hydrogens is 367 g/mol. The fourth-order valence-electron chi connectivity index (χ4n) is 2.40. The zero-order valence-corrected chi connectivity index (χ0v) is 15.5. The maximum Gasteiger partial charge on any atom is 0.250 e. The van der Waals surface area contributed by atoms with E-state index in [9.17, 15) is 9.18 Å². The third-order valence-corrected chi connectivity index (χ3v) is 4.45. The first-order valence-electron chi connectivity index (χ1n) is 8.01. The Morgan fingerprint density at radius 3 is 2.78 bits per heavy atom. The summed E-state index contributed by atoms with van der Waals surface area (Å²) in [7, 11) is 3.17. The molecule has 0 aliphatic heterocycles. The van der Waals surface area contributed by atoms with Crippen LogP contribution in [-0.4, -0.2) is 25.1 Å². The second kappa shape index (κ2) is 8.46. The van der Waals surface area contributed by atoms with Crippen molar-refractivity contribution in [1.82, 2.24) is 4.98 Å². The second-order valence-corrected chi connectivity index (χ2v) is 6.34. The van der Waals surface area contributed by atoms with Gasteiger partial charge in [-0.1, -0.05) is 12.1 Å².